The lowest BCUT2D eigenvalue weighted by Crippen LogP contribution is -2.36. The Morgan fingerprint density at radius 2 is 1.21 bits per heavy atom. The minimum Gasteiger partial charge on any atom is -0.478 e. The molecule has 2 aliphatic rings. The van der Waals surface area contributed by atoms with E-state index < -0.39 is 35.1 Å². The van der Waals surface area contributed by atoms with Gasteiger partial charge in [-0.2, -0.15) is 15.2 Å². The summed E-state index contributed by atoms with van der Waals surface area (Å²) in [6.45, 7) is 18.5. The van der Waals surface area contributed by atoms with Crippen molar-refractivity contribution in [1.29, 1.82) is 0 Å². The summed E-state index contributed by atoms with van der Waals surface area (Å²) in [4.78, 5) is 67.8. The van der Waals surface area contributed by atoms with Crippen LogP contribution in [0.5, 0.6) is 0 Å². The number of aryl methyl sites for hydroxylation is 1. The van der Waals surface area contributed by atoms with Crippen molar-refractivity contribution in [2.45, 2.75) is 85.6 Å². The van der Waals surface area contributed by atoms with Crippen molar-refractivity contribution >= 4 is 52.4 Å². The van der Waals surface area contributed by atoms with Gasteiger partial charge < -0.3 is 51.0 Å². The van der Waals surface area contributed by atoms with E-state index >= 15 is 0 Å². The highest BCUT2D eigenvalue weighted by atomic mass is 16.6. The summed E-state index contributed by atoms with van der Waals surface area (Å²) in [6, 6.07) is 2.93. The highest BCUT2D eigenvalue weighted by Crippen LogP contribution is 2.32. The van der Waals surface area contributed by atoms with Crippen LogP contribution in [-0.2, 0) is 9.47 Å². The van der Waals surface area contributed by atoms with E-state index in [0.717, 1.165) is 0 Å². The molecule has 7 rings (SSSR count). The van der Waals surface area contributed by atoms with Crippen LogP contribution in [0.2, 0.25) is 0 Å². The summed E-state index contributed by atoms with van der Waals surface area (Å²) in [6.07, 6.45) is 5.06. The first-order chi connectivity index (χ1) is 28.5. The molecule has 7 heterocycles. The average Bonchev–Trinajstić information content (AvgIpc) is 3.98. The molecule has 2 fully saturated rings. The van der Waals surface area contributed by atoms with E-state index in [4.69, 9.17) is 25.5 Å². The maximum atomic E-state index is 12.5. The number of amides is 4. The fourth-order valence-electron chi connectivity index (χ4n) is 7.07. The average molecular weight is 845 g/mol. The van der Waals surface area contributed by atoms with E-state index in [1.54, 1.807) is 54.3 Å². The van der Waals surface area contributed by atoms with Crippen molar-refractivity contribution in [2.24, 2.45) is 23.3 Å². The normalized spacial score (nSPS) is 19.1. The number of nitrogens with two attached hydrogens (primary N) is 2. The Morgan fingerprint density at radius 1 is 0.754 bits per heavy atom. The van der Waals surface area contributed by atoms with Crippen molar-refractivity contribution in [3.63, 3.8) is 0 Å². The molecule has 5 aromatic rings. The van der Waals surface area contributed by atoms with Gasteiger partial charge in [-0.25, -0.2) is 23.4 Å². The van der Waals surface area contributed by atoms with E-state index in [-0.39, 0.29) is 46.7 Å². The van der Waals surface area contributed by atoms with Gasteiger partial charge in [0.1, 0.15) is 11.2 Å². The Bertz CT molecular complexity index is 2500. The summed E-state index contributed by atoms with van der Waals surface area (Å²) in [5.41, 5.74) is 13.0. The first-order valence-electron chi connectivity index (χ1n) is 19.6. The maximum absolute atomic E-state index is 12.5. The Kier molecular flexibility index (Phi) is 11.9. The third kappa shape index (κ3) is 9.93. The highest BCUT2D eigenvalue weighted by Gasteiger charge is 2.37. The number of carboxylic acids is 1. The molecule has 0 aromatic carbocycles. The molecule has 4 atom stereocenters. The van der Waals surface area contributed by atoms with Crippen LogP contribution in [0, 0.1) is 18.8 Å². The van der Waals surface area contributed by atoms with Crippen molar-refractivity contribution in [3.05, 3.63) is 59.4 Å². The molecule has 7 N–H and O–H groups in total. The topological polar surface area (TPSA) is 280 Å². The largest absolute Gasteiger partial charge is 0.478 e. The number of ether oxygens (including phenoxy) is 2. The lowest BCUT2D eigenvalue weighted by atomic mass is 10.1. The van der Waals surface area contributed by atoms with E-state index in [0.29, 0.717) is 65.9 Å². The third-order valence-corrected chi connectivity index (χ3v) is 10.0. The fraction of sp³-hybridized carbons (Fsp3) is 0.475. The molecule has 21 nitrogen and oxygen atoms in total. The smallest absolute Gasteiger partial charge is 0.410 e. The maximum Gasteiger partial charge on any atom is 0.410 e. The molecule has 0 spiro atoms. The van der Waals surface area contributed by atoms with Gasteiger partial charge in [-0.05, 0) is 72.4 Å². The number of aromatic carboxylic acids is 1. The zero-order valence-electron chi connectivity index (χ0n) is 35.5. The molecule has 21 heteroatoms. The van der Waals surface area contributed by atoms with Gasteiger partial charge in [0, 0.05) is 50.7 Å². The molecule has 61 heavy (non-hydrogen) atoms. The lowest BCUT2D eigenvalue weighted by Gasteiger charge is -2.24. The van der Waals surface area contributed by atoms with E-state index in [9.17, 15) is 29.1 Å². The minimum absolute atomic E-state index is 0.0389. The van der Waals surface area contributed by atoms with Crippen molar-refractivity contribution in [1.82, 2.24) is 39.2 Å². The van der Waals surface area contributed by atoms with Gasteiger partial charge in [0.25, 0.3) is 17.7 Å². The number of nitrogens with one attached hydrogen (secondary N) is 2. The number of carbonyl (C=O) groups excluding carboxylic acids is 4. The second-order valence-electron chi connectivity index (χ2n) is 17.4. The number of hydrogen-bond donors (Lipinski definition) is 5. The predicted molar refractivity (Wildman–Crippen MR) is 221 cm³/mol. The molecular weight excluding hydrogens is 793 g/mol. The molecule has 0 unspecified atom stereocenters. The minimum atomic E-state index is -1.10. The number of likely N-dealkylation sites (tertiary alicyclic amines) is 2. The first kappa shape index (κ1) is 43.6. The van der Waals surface area contributed by atoms with Crippen molar-refractivity contribution < 1.29 is 43.1 Å². The second-order valence-corrected chi connectivity index (χ2v) is 17.4. The van der Waals surface area contributed by atoms with Crippen LogP contribution in [-0.4, -0.2) is 124 Å². The molecule has 2 saturated heterocycles. The van der Waals surface area contributed by atoms with E-state index in [1.807, 2.05) is 34.6 Å². The standard InChI is InChI=1S/C21H27N7O4.C19H25N5O5/c1-11-8-27(20(30)31-21(3,4)5)10-15(11)25-17-14(18(22)29)7-23-28-9-13(6-16(17)28)19-24-12(2)26-32-19;1-10-7-23(18(28)29-19(2,3)4)9-13(10)22-15-12(16(20)25)6-21-24-8-11(17(26)27)5-14(15)24/h6-7,9,11,15,25H,8,10H2,1-5H3,(H2,22,29);5-6,8,10,13,22H,7,9H2,1-4H3,(H2,20,25)(H,26,27)/t11-,15+;10-,13+/m00/s1. The molecule has 2 aliphatic heterocycles. The van der Waals surface area contributed by atoms with Crippen molar-refractivity contribution in [2.75, 3.05) is 36.8 Å². The van der Waals surface area contributed by atoms with Crippen LogP contribution >= 0.6 is 0 Å². The summed E-state index contributed by atoms with van der Waals surface area (Å²) < 4.78 is 19.2. The molecule has 4 amide bonds. The Balaban J connectivity index is 0.000000205. The zero-order valence-corrected chi connectivity index (χ0v) is 35.5. The van der Waals surface area contributed by atoms with E-state index in [2.05, 4.69) is 31.0 Å². The first-order valence-corrected chi connectivity index (χ1v) is 19.6. The Labute approximate surface area is 350 Å². The van der Waals surface area contributed by atoms with Crippen LogP contribution < -0.4 is 22.1 Å². The number of aromatic nitrogens is 6. The van der Waals surface area contributed by atoms with Gasteiger partial charge in [0.2, 0.25) is 0 Å². The Hall–Kier alpha value is -6.93. The fourth-order valence-corrected chi connectivity index (χ4v) is 7.07. The van der Waals surface area contributed by atoms with Gasteiger partial charge in [-0.3, -0.25) is 9.59 Å². The molecule has 0 radical (unpaired) electrons. The molecule has 326 valence electrons. The SMILES string of the molecule is C[C@H]1CN(C(=O)OC(C)(C)C)C[C@H]1Nc1c(C(N)=O)cnn2cc(C(=O)O)cc12.Cc1noc(-c2cc3c(N[C@@H]4CN(C(=O)OC(C)(C)C)C[C@@H]4C)c(C(N)=O)cnn3c2)n1. The second kappa shape index (κ2) is 16.6. The number of anilines is 2. The molecule has 5 aromatic heterocycles. The number of rotatable bonds is 8. The van der Waals surface area contributed by atoms with Crippen LogP contribution in [0.25, 0.3) is 22.5 Å². The monoisotopic (exact) mass is 844 g/mol. The summed E-state index contributed by atoms with van der Waals surface area (Å²) in [7, 11) is 0. The Morgan fingerprint density at radius 3 is 1.62 bits per heavy atom. The van der Waals surface area contributed by atoms with Crippen molar-refractivity contribution in [3.8, 4) is 11.5 Å². The van der Waals surface area contributed by atoms with E-state index in [1.165, 1.54) is 29.2 Å². The molecule has 0 saturated carbocycles. The predicted octanol–water partition coefficient (Wildman–Crippen LogP) is 4.26. The number of carboxylic acid groups (broad SMARTS) is 1. The highest BCUT2D eigenvalue weighted by molar-refractivity contribution is 6.03. The molecule has 0 bridgehead atoms. The van der Waals surface area contributed by atoms with Crippen LogP contribution in [0.3, 0.4) is 0 Å². The lowest BCUT2D eigenvalue weighted by molar-refractivity contribution is 0.0278. The van der Waals surface area contributed by atoms with Crippen LogP contribution in [0.4, 0.5) is 21.0 Å². The number of primary amides is 2. The summed E-state index contributed by atoms with van der Waals surface area (Å²) in [5.74, 6) is -1.35. The van der Waals surface area contributed by atoms with Gasteiger partial charge in [-0.15, -0.1) is 0 Å². The van der Waals surface area contributed by atoms with Gasteiger partial charge in [-0.1, -0.05) is 19.0 Å². The number of carbonyl (C=O) groups is 5. The van der Waals surface area contributed by atoms with Gasteiger partial charge in [0.05, 0.1) is 57.1 Å². The van der Waals surface area contributed by atoms with Crippen LogP contribution in [0.1, 0.15) is 92.3 Å². The molecular formula is C40H52N12O9. The summed E-state index contributed by atoms with van der Waals surface area (Å²) in [5, 5.41) is 28.1. The quantitative estimate of drug-likeness (QED) is 0.146. The van der Waals surface area contributed by atoms with Gasteiger partial charge in [0.15, 0.2) is 5.82 Å². The number of hydrogen-bond acceptors (Lipinski definition) is 14. The zero-order chi connectivity index (χ0) is 44.7. The number of fused-ring (bicyclic) bond motifs is 2. The summed E-state index contributed by atoms with van der Waals surface area (Å²) >= 11 is 0. The molecule has 0 aliphatic carbocycles. The van der Waals surface area contributed by atoms with Crippen LogP contribution in [0.15, 0.2) is 41.4 Å². The van der Waals surface area contributed by atoms with Gasteiger partial charge >= 0.3 is 18.2 Å². The number of nitrogens with zero attached hydrogens (tertiary/aromatic N) is 8. The third-order valence-electron chi connectivity index (χ3n) is 10.0.